The van der Waals surface area contributed by atoms with Crippen LogP contribution in [0.2, 0.25) is 0 Å². The van der Waals surface area contributed by atoms with Crippen molar-refractivity contribution in [3.05, 3.63) is 40.6 Å². The number of ether oxygens (including phenoxy) is 1. The summed E-state index contributed by atoms with van der Waals surface area (Å²) in [6.45, 7) is 4.16. The average Bonchev–Trinajstić information content (AvgIpc) is 3.27. The number of carbonyl (C=O) groups excluding carboxylic acids is 2. The number of oxime groups is 1. The predicted octanol–water partition coefficient (Wildman–Crippen LogP) is 2.70. The lowest BCUT2D eigenvalue weighted by Gasteiger charge is -2.58. The van der Waals surface area contributed by atoms with Crippen molar-refractivity contribution >= 4 is 23.3 Å². The number of aromatic hydroxyl groups is 1. The Morgan fingerprint density at radius 2 is 1.95 bits per heavy atom. The largest absolute Gasteiger partial charge is 0.595 e. The van der Waals surface area contributed by atoms with Crippen molar-refractivity contribution in [2.75, 3.05) is 13.7 Å². The molecule has 5 rings (SSSR count). The molecule has 3 fully saturated rings. The summed E-state index contributed by atoms with van der Waals surface area (Å²) >= 11 is 0. The summed E-state index contributed by atoms with van der Waals surface area (Å²) in [4.78, 5) is 30.4. The molecule has 3 saturated carbocycles. The van der Waals surface area contributed by atoms with Crippen LogP contribution in [0.1, 0.15) is 70.8 Å². The molecule has 0 bridgehead atoms. The predicted molar refractivity (Wildman–Crippen MR) is 160 cm³/mol. The van der Waals surface area contributed by atoms with E-state index in [9.17, 15) is 30.2 Å². The standard InChI is InChI=1S/C33H43N3O8/c1-5-33(40)15-12-25-23-8-7-21-18-22(10-13-31(21,2)24(23)11-14-32(25,33)3)35-44-19-29(38)34-26(30(39)43-4)16-20-6-9-28(37)27(17-20)36(41)42/h1,6,9,17-18,23-26,36-37,40-41H,7-8,10-16,19H2,2-4H3,(H,34,38). The van der Waals surface area contributed by atoms with E-state index < -0.39 is 41.1 Å². The summed E-state index contributed by atoms with van der Waals surface area (Å²) in [6.07, 6.45) is 15.2. The number of esters is 1. The average molecular weight is 610 g/mol. The lowest BCUT2D eigenvalue weighted by atomic mass is 9.46. The monoisotopic (exact) mass is 609 g/mol. The maximum Gasteiger partial charge on any atom is 0.328 e. The Kier molecular flexibility index (Phi) is 8.84. The number of allylic oxidation sites excluding steroid dienone is 2. The van der Waals surface area contributed by atoms with Crippen LogP contribution in [0, 0.1) is 46.1 Å². The highest BCUT2D eigenvalue weighted by molar-refractivity contribution is 5.96. The zero-order valence-electron chi connectivity index (χ0n) is 25.6. The number of nitrogens with one attached hydrogen (secondary N) is 2. The number of terminal acetylenes is 1. The van der Waals surface area contributed by atoms with E-state index in [0.29, 0.717) is 29.7 Å². The summed E-state index contributed by atoms with van der Waals surface area (Å²) in [6, 6.07) is 2.86. The molecule has 11 nitrogen and oxygen atoms in total. The molecule has 5 N–H and O–H groups in total. The Balaban J connectivity index is 1.20. The van der Waals surface area contributed by atoms with Crippen LogP contribution in [-0.2, 0) is 25.6 Å². The SMILES string of the molecule is C#CC1(O)CCC2C3CCC4=CC(=NOCC(=O)NC(Cc5ccc(O)c([NH+]([O-])O)c5)C(=O)OC)CCC4(C)C3CCC21C. The Bertz CT molecular complexity index is 1400. The first-order valence-corrected chi connectivity index (χ1v) is 15.4. The molecule has 4 aliphatic carbocycles. The van der Waals surface area contributed by atoms with Gasteiger partial charge in [-0.1, -0.05) is 36.6 Å². The maximum absolute atomic E-state index is 12.7. The second kappa shape index (κ2) is 12.2. The zero-order valence-corrected chi connectivity index (χ0v) is 25.6. The Hall–Kier alpha value is -3.43. The number of phenolic OH excluding ortho intramolecular Hbond substituents is 1. The number of nitrogens with zero attached hydrogens (tertiary/aromatic N) is 1. The van der Waals surface area contributed by atoms with E-state index in [0.717, 1.165) is 50.7 Å². The first-order chi connectivity index (χ1) is 20.8. The molecule has 11 heteroatoms. The van der Waals surface area contributed by atoms with Gasteiger partial charge in [-0.2, -0.15) is 5.23 Å². The van der Waals surface area contributed by atoms with E-state index in [1.54, 1.807) is 0 Å². The van der Waals surface area contributed by atoms with E-state index in [-0.39, 0.29) is 22.9 Å². The molecule has 44 heavy (non-hydrogen) atoms. The number of fused-ring (bicyclic) bond motifs is 5. The van der Waals surface area contributed by atoms with E-state index in [1.165, 1.54) is 30.9 Å². The fourth-order valence-electron chi connectivity index (χ4n) is 8.76. The first-order valence-electron chi connectivity index (χ1n) is 15.4. The highest BCUT2D eigenvalue weighted by Crippen LogP contribution is 2.67. The molecule has 4 aliphatic rings. The topological polar surface area (TPSA) is 165 Å². The molecule has 1 aromatic rings. The van der Waals surface area contributed by atoms with Crippen LogP contribution >= 0.6 is 0 Å². The Labute approximate surface area is 257 Å². The van der Waals surface area contributed by atoms with Crippen molar-refractivity contribution < 1.29 is 39.8 Å². The van der Waals surface area contributed by atoms with Gasteiger partial charge in [0.1, 0.15) is 11.6 Å². The van der Waals surface area contributed by atoms with E-state index in [2.05, 4.69) is 36.3 Å². The van der Waals surface area contributed by atoms with Gasteiger partial charge in [0.2, 0.25) is 5.69 Å². The molecule has 8 unspecified atom stereocenters. The van der Waals surface area contributed by atoms with Gasteiger partial charge < -0.3 is 30.3 Å². The van der Waals surface area contributed by atoms with Gasteiger partial charge in [0, 0.05) is 17.9 Å². The number of phenols is 1. The van der Waals surface area contributed by atoms with Gasteiger partial charge >= 0.3 is 5.97 Å². The van der Waals surface area contributed by atoms with Gasteiger partial charge in [-0.15, -0.1) is 6.42 Å². The minimum absolute atomic E-state index is 0.0393. The molecule has 1 amide bonds. The van der Waals surface area contributed by atoms with Crippen LogP contribution in [0.5, 0.6) is 5.75 Å². The number of hydrogen-bond donors (Lipinski definition) is 5. The van der Waals surface area contributed by atoms with Crippen LogP contribution in [-0.4, -0.2) is 58.4 Å². The Morgan fingerprint density at radius 1 is 1.20 bits per heavy atom. The second-order valence-electron chi connectivity index (χ2n) is 13.4. The van der Waals surface area contributed by atoms with E-state index in [4.69, 9.17) is 16.0 Å². The number of carbonyl (C=O) groups is 2. The van der Waals surface area contributed by atoms with Gasteiger partial charge in [0.05, 0.1) is 12.8 Å². The maximum atomic E-state index is 12.7. The zero-order chi connectivity index (χ0) is 31.9. The lowest BCUT2D eigenvalue weighted by Crippen LogP contribution is -2.99. The lowest BCUT2D eigenvalue weighted by molar-refractivity contribution is -0.991. The van der Waals surface area contributed by atoms with Crippen LogP contribution < -0.4 is 10.5 Å². The summed E-state index contributed by atoms with van der Waals surface area (Å²) < 4.78 is 4.81. The number of hydrogen-bond acceptors (Lipinski definition) is 9. The van der Waals surface area contributed by atoms with Gasteiger partial charge in [0.25, 0.3) is 5.91 Å². The number of quaternary nitrogens is 1. The van der Waals surface area contributed by atoms with Gasteiger partial charge in [-0.05, 0) is 92.2 Å². The molecule has 1 aromatic carbocycles. The third kappa shape index (κ3) is 5.60. The molecule has 0 aromatic heterocycles. The molecular weight excluding hydrogens is 566 g/mol. The van der Waals surface area contributed by atoms with Gasteiger partial charge in [-0.25, -0.2) is 10.0 Å². The summed E-state index contributed by atoms with van der Waals surface area (Å²) in [5.41, 5.74) is 1.08. The van der Waals surface area contributed by atoms with E-state index >= 15 is 0 Å². The van der Waals surface area contributed by atoms with Crippen molar-refractivity contribution in [1.82, 2.24) is 5.32 Å². The minimum Gasteiger partial charge on any atom is -0.595 e. The number of benzene rings is 1. The molecule has 0 spiro atoms. The molecule has 238 valence electrons. The van der Waals surface area contributed by atoms with Crippen molar-refractivity contribution in [3.63, 3.8) is 0 Å². The fourth-order valence-corrected chi connectivity index (χ4v) is 8.76. The summed E-state index contributed by atoms with van der Waals surface area (Å²) in [7, 11) is 1.19. The van der Waals surface area contributed by atoms with Crippen molar-refractivity contribution in [2.45, 2.75) is 83.3 Å². The van der Waals surface area contributed by atoms with Crippen molar-refractivity contribution in [1.29, 1.82) is 0 Å². The fraction of sp³-hybridized carbons (Fsp3) is 0.606. The third-order valence-electron chi connectivity index (χ3n) is 11.3. The molecule has 0 saturated heterocycles. The second-order valence-corrected chi connectivity index (χ2v) is 13.4. The van der Waals surface area contributed by atoms with Crippen LogP contribution in [0.15, 0.2) is 35.0 Å². The number of aliphatic hydroxyl groups is 1. The van der Waals surface area contributed by atoms with Crippen molar-refractivity contribution in [2.24, 2.45) is 33.7 Å². The van der Waals surface area contributed by atoms with E-state index in [1.807, 2.05) is 0 Å². The number of rotatable bonds is 8. The summed E-state index contributed by atoms with van der Waals surface area (Å²) in [5, 5.41) is 47.1. The van der Waals surface area contributed by atoms with Crippen LogP contribution in [0.3, 0.4) is 0 Å². The quantitative estimate of drug-likeness (QED) is 0.130. The van der Waals surface area contributed by atoms with Gasteiger partial charge in [0.15, 0.2) is 12.4 Å². The first kappa shape index (κ1) is 32.0. The normalized spacial score (nSPS) is 34.8. The molecule has 8 atom stereocenters. The van der Waals surface area contributed by atoms with Gasteiger partial charge in [-0.3, -0.25) is 4.79 Å². The summed E-state index contributed by atoms with van der Waals surface area (Å²) in [5.74, 6) is 2.57. The smallest absolute Gasteiger partial charge is 0.328 e. The number of methoxy groups -OCH3 is 1. The molecule has 0 heterocycles. The number of amides is 1. The third-order valence-corrected chi connectivity index (χ3v) is 11.3. The Morgan fingerprint density at radius 3 is 2.66 bits per heavy atom. The highest BCUT2D eigenvalue weighted by atomic mass is 16.8. The highest BCUT2D eigenvalue weighted by Gasteiger charge is 2.63. The van der Waals surface area contributed by atoms with Crippen LogP contribution in [0.25, 0.3) is 0 Å². The minimum atomic E-state index is -1.31. The molecule has 0 aliphatic heterocycles. The molecular formula is C33H43N3O8. The van der Waals surface area contributed by atoms with Crippen LogP contribution in [0.4, 0.5) is 5.69 Å². The molecule has 0 radical (unpaired) electrons. The van der Waals surface area contributed by atoms with Crippen molar-refractivity contribution in [3.8, 4) is 18.1 Å².